The molecule has 7 heteroatoms. The number of unbranched alkanes of at least 4 members (excludes halogenated alkanes) is 2. The molecule has 0 aromatic heterocycles. The van der Waals surface area contributed by atoms with Gasteiger partial charge in [0.25, 0.3) is 11.7 Å². The minimum Gasteiger partial charge on any atom is -0.619 e. The lowest BCUT2D eigenvalue weighted by molar-refractivity contribution is -0.350. The minimum absolute atomic E-state index is 0.00280. The van der Waals surface area contributed by atoms with Gasteiger partial charge < -0.3 is 20.1 Å². The van der Waals surface area contributed by atoms with Crippen LogP contribution in [-0.2, 0) is 9.59 Å². The van der Waals surface area contributed by atoms with Gasteiger partial charge in [-0.1, -0.05) is 68.7 Å². The fourth-order valence-corrected chi connectivity index (χ4v) is 4.81. The lowest BCUT2D eigenvalue weighted by atomic mass is 9.94. The molecule has 0 saturated carbocycles. The van der Waals surface area contributed by atoms with Crippen molar-refractivity contribution in [2.24, 2.45) is 0 Å². The fourth-order valence-electron chi connectivity index (χ4n) is 4.81. The molecule has 1 fully saturated rings. The Morgan fingerprint density at radius 1 is 1.00 bits per heavy atom. The van der Waals surface area contributed by atoms with Crippen LogP contribution in [-0.4, -0.2) is 64.2 Å². The fraction of sp³-hybridized carbons (Fsp3) is 0.433. The van der Waals surface area contributed by atoms with E-state index in [0.717, 1.165) is 50.9 Å². The SMILES string of the molecule is C=[N+]([O-])c1ccccc1C1/C(=C(/O)c2ccc(C)cc2)C(=O)C(=O)N1CCCN(CCCC)CCCC. The van der Waals surface area contributed by atoms with Crippen LogP contribution in [0.1, 0.15) is 68.7 Å². The van der Waals surface area contributed by atoms with Crippen molar-refractivity contribution in [1.29, 1.82) is 0 Å². The van der Waals surface area contributed by atoms with E-state index in [-0.39, 0.29) is 17.0 Å². The lowest BCUT2D eigenvalue weighted by Crippen LogP contribution is -2.34. The summed E-state index contributed by atoms with van der Waals surface area (Å²) in [6, 6.07) is 13.0. The molecule has 7 nitrogen and oxygen atoms in total. The van der Waals surface area contributed by atoms with Gasteiger partial charge in [0.15, 0.2) is 0 Å². The topological polar surface area (TPSA) is 86.9 Å². The Balaban J connectivity index is 1.99. The Labute approximate surface area is 220 Å². The van der Waals surface area contributed by atoms with Gasteiger partial charge in [-0.05, 0) is 51.9 Å². The van der Waals surface area contributed by atoms with E-state index in [1.165, 1.54) is 4.90 Å². The summed E-state index contributed by atoms with van der Waals surface area (Å²) in [5.74, 6) is -1.65. The molecule has 1 aliphatic rings. The number of Topliss-reactive ketones (excluding diaryl/α,β-unsaturated/α-hetero) is 1. The quantitative estimate of drug-likeness (QED) is 0.0733. The Kier molecular flexibility index (Phi) is 10.0. The van der Waals surface area contributed by atoms with Crippen LogP contribution < -0.4 is 0 Å². The first-order valence-corrected chi connectivity index (χ1v) is 13.2. The van der Waals surface area contributed by atoms with Crippen molar-refractivity contribution in [3.8, 4) is 0 Å². The number of aliphatic hydroxyl groups excluding tert-OH is 1. The highest BCUT2D eigenvalue weighted by Gasteiger charge is 2.47. The second-order valence-electron chi connectivity index (χ2n) is 9.70. The van der Waals surface area contributed by atoms with Crippen LogP contribution in [0.3, 0.4) is 0 Å². The average molecular weight is 506 g/mol. The number of aryl methyl sites for hydroxylation is 1. The van der Waals surface area contributed by atoms with E-state index in [1.807, 2.05) is 19.1 Å². The highest BCUT2D eigenvalue weighted by atomic mass is 16.5. The van der Waals surface area contributed by atoms with Crippen LogP contribution in [0.2, 0.25) is 0 Å². The number of rotatable bonds is 13. The molecule has 2 aromatic rings. The summed E-state index contributed by atoms with van der Waals surface area (Å²) >= 11 is 0. The molecule has 0 radical (unpaired) electrons. The number of hydrogen-bond donors (Lipinski definition) is 1. The number of ketones is 1. The zero-order valence-electron chi connectivity index (χ0n) is 22.3. The minimum atomic E-state index is -0.879. The Hall–Kier alpha value is -3.45. The third kappa shape index (κ3) is 6.66. The second kappa shape index (κ2) is 13.2. The number of benzene rings is 2. The summed E-state index contributed by atoms with van der Waals surface area (Å²) < 4.78 is 0.485. The van der Waals surface area contributed by atoms with Crippen LogP contribution in [0, 0.1) is 12.1 Å². The predicted octanol–water partition coefficient (Wildman–Crippen LogP) is 5.55. The predicted molar refractivity (Wildman–Crippen MR) is 148 cm³/mol. The molecule has 1 aliphatic heterocycles. The highest BCUT2D eigenvalue weighted by molar-refractivity contribution is 6.46. The summed E-state index contributed by atoms with van der Waals surface area (Å²) in [4.78, 5) is 30.5. The number of hydrogen-bond acceptors (Lipinski definition) is 5. The van der Waals surface area contributed by atoms with Crippen molar-refractivity contribution >= 4 is 29.9 Å². The van der Waals surface area contributed by atoms with E-state index in [4.69, 9.17) is 0 Å². The van der Waals surface area contributed by atoms with Crippen molar-refractivity contribution in [3.63, 3.8) is 0 Å². The maximum Gasteiger partial charge on any atom is 0.295 e. The molecule has 198 valence electrons. The second-order valence-corrected chi connectivity index (χ2v) is 9.70. The van der Waals surface area contributed by atoms with E-state index in [2.05, 4.69) is 25.5 Å². The molecule has 1 N–H and O–H groups in total. The Morgan fingerprint density at radius 2 is 1.59 bits per heavy atom. The maximum absolute atomic E-state index is 13.3. The molecule has 2 aromatic carbocycles. The average Bonchev–Trinajstić information content (AvgIpc) is 3.14. The number of para-hydroxylation sites is 1. The zero-order valence-corrected chi connectivity index (χ0v) is 22.3. The Bertz CT molecular complexity index is 1130. The first-order chi connectivity index (χ1) is 17.8. The van der Waals surface area contributed by atoms with E-state index in [9.17, 15) is 19.9 Å². The van der Waals surface area contributed by atoms with E-state index < -0.39 is 17.7 Å². The van der Waals surface area contributed by atoms with Crippen molar-refractivity contribution in [2.45, 2.75) is 58.9 Å². The van der Waals surface area contributed by atoms with Gasteiger partial charge in [0.2, 0.25) is 5.69 Å². The van der Waals surface area contributed by atoms with Gasteiger partial charge in [-0.3, -0.25) is 9.59 Å². The van der Waals surface area contributed by atoms with Gasteiger partial charge >= 0.3 is 0 Å². The number of carbonyl (C=O) groups excluding carboxylic acids is 2. The van der Waals surface area contributed by atoms with E-state index in [1.54, 1.807) is 36.4 Å². The zero-order chi connectivity index (χ0) is 26.9. The third-order valence-electron chi connectivity index (χ3n) is 6.89. The van der Waals surface area contributed by atoms with E-state index in [0.29, 0.717) is 28.8 Å². The van der Waals surface area contributed by atoms with Gasteiger partial charge in [0, 0.05) is 18.2 Å². The molecule has 0 aliphatic carbocycles. The van der Waals surface area contributed by atoms with Gasteiger partial charge in [-0.15, -0.1) is 0 Å². The molecule has 37 heavy (non-hydrogen) atoms. The van der Waals surface area contributed by atoms with Crippen molar-refractivity contribution < 1.29 is 19.4 Å². The van der Waals surface area contributed by atoms with Crippen molar-refractivity contribution in [3.05, 3.63) is 76.0 Å². The monoisotopic (exact) mass is 505 g/mol. The van der Waals surface area contributed by atoms with Crippen LogP contribution in [0.5, 0.6) is 0 Å². The number of aliphatic hydroxyl groups is 1. The summed E-state index contributed by atoms with van der Waals surface area (Å²) in [6.07, 6.45) is 5.13. The van der Waals surface area contributed by atoms with Crippen LogP contribution >= 0.6 is 0 Å². The molecule has 1 saturated heterocycles. The molecule has 3 rings (SSSR count). The molecule has 1 atom stereocenters. The number of amides is 1. The van der Waals surface area contributed by atoms with Crippen molar-refractivity contribution in [1.82, 2.24) is 9.80 Å². The number of nitrogens with zero attached hydrogens (tertiary/aromatic N) is 3. The summed E-state index contributed by atoms with van der Waals surface area (Å²) in [7, 11) is 0. The highest BCUT2D eigenvalue weighted by Crippen LogP contribution is 2.42. The summed E-state index contributed by atoms with van der Waals surface area (Å²) in [5.41, 5.74) is 2.17. The lowest BCUT2D eigenvalue weighted by Gasteiger charge is -2.28. The largest absolute Gasteiger partial charge is 0.619 e. The molecular weight excluding hydrogens is 466 g/mol. The Morgan fingerprint density at radius 3 is 2.19 bits per heavy atom. The summed E-state index contributed by atoms with van der Waals surface area (Å²) in [6.45, 7) is 12.9. The van der Waals surface area contributed by atoms with E-state index >= 15 is 0 Å². The normalized spacial score (nSPS) is 17.1. The van der Waals surface area contributed by atoms with Crippen LogP contribution in [0.25, 0.3) is 5.76 Å². The van der Waals surface area contributed by atoms with Gasteiger partial charge in [-0.2, -0.15) is 4.74 Å². The molecule has 1 amide bonds. The number of carbonyl (C=O) groups is 2. The molecule has 0 bridgehead atoms. The van der Waals surface area contributed by atoms with Gasteiger partial charge in [-0.25, -0.2) is 0 Å². The standard InChI is InChI=1S/C30H39N3O4/c1-5-7-18-32(19-8-6-2)20-11-21-33-27(24-12-9-10-13-25(24)31(4)37)26(29(35)30(33)36)28(34)23-16-14-22(3)15-17-23/h9-10,12-17,27,34H,4-8,11,18-21H2,1-3H3/b28-26-. The summed E-state index contributed by atoms with van der Waals surface area (Å²) in [5, 5.41) is 23.6. The van der Waals surface area contributed by atoms with Crippen molar-refractivity contribution in [2.75, 3.05) is 26.2 Å². The van der Waals surface area contributed by atoms with Gasteiger partial charge in [0.05, 0.1) is 17.2 Å². The molecule has 1 unspecified atom stereocenters. The third-order valence-corrected chi connectivity index (χ3v) is 6.89. The first-order valence-electron chi connectivity index (χ1n) is 13.2. The molecular formula is C30H39N3O4. The van der Waals surface area contributed by atoms with Gasteiger partial charge in [0.1, 0.15) is 12.5 Å². The number of likely N-dealkylation sites (tertiary alicyclic amines) is 1. The molecule has 0 spiro atoms. The first kappa shape index (κ1) is 28.1. The maximum atomic E-state index is 13.3. The van der Waals surface area contributed by atoms with Crippen LogP contribution in [0.4, 0.5) is 5.69 Å². The van der Waals surface area contributed by atoms with Crippen LogP contribution in [0.15, 0.2) is 54.1 Å². The molecule has 1 heterocycles. The smallest absolute Gasteiger partial charge is 0.295 e.